The average molecular weight is 347 g/mol. The van der Waals surface area contributed by atoms with E-state index in [9.17, 15) is 9.90 Å². The largest absolute Gasteiger partial charge is 0.508 e. The molecule has 0 atom stereocenters. The number of benzene rings is 1. The van der Waals surface area contributed by atoms with Gasteiger partial charge in [0.2, 0.25) is 0 Å². The molecule has 0 heterocycles. The van der Waals surface area contributed by atoms with Crippen LogP contribution in [0.25, 0.3) is 0 Å². The van der Waals surface area contributed by atoms with Crippen molar-refractivity contribution < 1.29 is 9.90 Å². The van der Waals surface area contributed by atoms with Crippen molar-refractivity contribution in [3.63, 3.8) is 0 Å². The Balaban J connectivity index is 2.39. The molecule has 0 saturated heterocycles. The first-order valence-corrected chi connectivity index (χ1v) is 7.31. The topological polar surface area (TPSA) is 49.3 Å². The number of carbonyl (C=O) groups is 1. The van der Waals surface area contributed by atoms with E-state index in [0.717, 1.165) is 22.8 Å². The van der Waals surface area contributed by atoms with E-state index in [2.05, 4.69) is 27.9 Å². The van der Waals surface area contributed by atoms with Gasteiger partial charge in [0.25, 0.3) is 5.91 Å². The molecule has 1 amide bonds. The number of rotatable bonds is 6. The highest BCUT2D eigenvalue weighted by atomic mass is 127. The molecule has 17 heavy (non-hydrogen) atoms. The maximum atomic E-state index is 11.7. The van der Waals surface area contributed by atoms with Gasteiger partial charge in [0, 0.05) is 12.1 Å². The molecule has 0 aliphatic heterocycles. The van der Waals surface area contributed by atoms with Crippen molar-refractivity contribution in [3.8, 4) is 5.75 Å². The number of nitrogens with one attached hydrogen (secondary N) is 1. The standard InChI is InChI=1S/C13H18INO2/c1-10-5-6-11(9-12(10)16)13(17)15-8-4-2-3-7-14/h5-6,9,16H,2-4,7-8H2,1H3,(H,15,17). The Kier molecular flexibility index (Phi) is 6.32. The van der Waals surface area contributed by atoms with E-state index in [-0.39, 0.29) is 11.7 Å². The summed E-state index contributed by atoms with van der Waals surface area (Å²) in [5.41, 5.74) is 1.30. The Morgan fingerprint density at radius 2 is 2.12 bits per heavy atom. The van der Waals surface area contributed by atoms with Gasteiger partial charge in [-0.05, 0) is 41.9 Å². The minimum atomic E-state index is -0.116. The zero-order chi connectivity index (χ0) is 12.7. The molecule has 4 heteroatoms. The molecular formula is C13H18INO2. The zero-order valence-electron chi connectivity index (χ0n) is 10.0. The van der Waals surface area contributed by atoms with E-state index in [1.165, 1.54) is 12.5 Å². The van der Waals surface area contributed by atoms with Crippen molar-refractivity contribution in [2.45, 2.75) is 26.2 Å². The van der Waals surface area contributed by atoms with E-state index < -0.39 is 0 Å². The Labute approximate surface area is 116 Å². The molecular weight excluding hydrogens is 329 g/mol. The summed E-state index contributed by atoms with van der Waals surface area (Å²) in [6.07, 6.45) is 3.34. The van der Waals surface area contributed by atoms with E-state index >= 15 is 0 Å². The second-order valence-electron chi connectivity index (χ2n) is 4.01. The first kappa shape index (κ1) is 14.3. The molecule has 0 fully saturated rings. The van der Waals surface area contributed by atoms with Crippen LogP contribution in [0.2, 0.25) is 0 Å². The number of unbranched alkanes of at least 4 members (excludes halogenated alkanes) is 2. The number of carbonyl (C=O) groups excluding carboxylic acids is 1. The van der Waals surface area contributed by atoms with Crippen LogP contribution in [-0.4, -0.2) is 22.0 Å². The van der Waals surface area contributed by atoms with E-state index in [4.69, 9.17) is 0 Å². The molecule has 94 valence electrons. The van der Waals surface area contributed by atoms with Crippen molar-refractivity contribution in [1.82, 2.24) is 5.32 Å². The summed E-state index contributed by atoms with van der Waals surface area (Å²) in [4.78, 5) is 11.7. The minimum Gasteiger partial charge on any atom is -0.508 e. The van der Waals surface area contributed by atoms with Crippen LogP contribution in [0.15, 0.2) is 18.2 Å². The van der Waals surface area contributed by atoms with Crippen LogP contribution in [-0.2, 0) is 0 Å². The Morgan fingerprint density at radius 1 is 1.35 bits per heavy atom. The molecule has 1 aromatic carbocycles. The van der Waals surface area contributed by atoms with Gasteiger partial charge in [0.15, 0.2) is 0 Å². The third-order valence-electron chi connectivity index (χ3n) is 2.57. The molecule has 0 aliphatic rings. The van der Waals surface area contributed by atoms with E-state index in [1.54, 1.807) is 19.1 Å². The normalized spacial score (nSPS) is 10.2. The smallest absolute Gasteiger partial charge is 0.251 e. The molecule has 0 bridgehead atoms. The number of alkyl halides is 1. The van der Waals surface area contributed by atoms with E-state index in [1.807, 2.05) is 0 Å². The fourth-order valence-electron chi connectivity index (χ4n) is 1.45. The fourth-order valence-corrected chi connectivity index (χ4v) is 1.99. The Morgan fingerprint density at radius 3 is 2.76 bits per heavy atom. The third kappa shape index (κ3) is 4.93. The van der Waals surface area contributed by atoms with Gasteiger partial charge >= 0.3 is 0 Å². The minimum absolute atomic E-state index is 0.116. The van der Waals surface area contributed by atoms with Crippen LogP contribution in [0.4, 0.5) is 0 Å². The maximum Gasteiger partial charge on any atom is 0.251 e. The summed E-state index contributed by atoms with van der Waals surface area (Å²) in [6, 6.07) is 4.99. The first-order chi connectivity index (χ1) is 8.15. The SMILES string of the molecule is Cc1ccc(C(=O)NCCCCCI)cc1O. The van der Waals surface area contributed by atoms with Gasteiger partial charge in [-0.15, -0.1) is 0 Å². The second kappa shape index (κ2) is 7.53. The lowest BCUT2D eigenvalue weighted by Gasteiger charge is -2.06. The molecule has 0 aliphatic carbocycles. The number of hydrogen-bond acceptors (Lipinski definition) is 2. The summed E-state index contributed by atoms with van der Waals surface area (Å²) in [6.45, 7) is 2.51. The highest BCUT2D eigenvalue weighted by molar-refractivity contribution is 14.1. The number of aryl methyl sites for hydroxylation is 1. The summed E-state index contributed by atoms with van der Waals surface area (Å²) < 4.78 is 1.16. The molecule has 0 radical (unpaired) electrons. The van der Waals surface area contributed by atoms with Gasteiger partial charge in [-0.25, -0.2) is 0 Å². The van der Waals surface area contributed by atoms with E-state index in [0.29, 0.717) is 12.1 Å². The van der Waals surface area contributed by atoms with Gasteiger partial charge in [0.05, 0.1) is 0 Å². The first-order valence-electron chi connectivity index (χ1n) is 5.79. The molecule has 0 spiro atoms. The molecule has 1 rings (SSSR count). The van der Waals surface area contributed by atoms with Crippen molar-refractivity contribution in [2.24, 2.45) is 0 Å². The molecule has 0 saturated carbocycles. The molecule has 2 N–H and O–H groups in total. The maximum absolute atomic E-state index is 11.7. The Bertz CT molecular complexity index is 380. The Hall–Kier alpha value is -0.780. The van der Waals surface area contributed by atoms with Gasteiger partial charge in [-0.1, -0.05) is 35.1 Å². The van der Waals surface area contributed by atoms with Crippen LogP contribution >= 0.6 is 22.6 Å². The molecule has 1 aromatic rings. The number of phenolic OH excluding ortho intramolecular Hbond substituents is 1. The van der Waals surface area contributed by atoms with Crippen molar-refractivity contribution in [1.29, 1.82) is 0 Å². The lowest BCUT2D eigenvalue weighted by molar-refractivity contribution is 0.0952. The highest BCUT2D eigenvalue weighted by Crippen LogP contribution is 2.17. The quantitative estimate of drug-likeness (QED) is 0.472. The zero-order valence-corrected chi connectivity index (χ0v) is 12.2. The average Bonchev–Trinajstić information content (AvgIpc) is 2.32. The number of aromatic hydroxyl groups is 1. The van der Waals surface area contributed by atoms with Crippen LogP contribution in [0.5, 0.6) is 5.75 Å². The summed E-state index contributed by atoms with van der Waals surface area (Å²) in [5.74, 6) is 0.0531. The van der Waals surface area contributed by atoms with Crippen LogP contribution < -0.4 is 5.32 Å². The predicted molar refractivity (Wildman–Crippen MR) is 77.9 cm³/mol. The molecule has 3 nitrogen and oxygen atoms in total. The number of amides is 1. The van der Waals surface area contributed by atoms with Crippen molar-refractivity contribution >= 4 is 28.5 Å². The number of hydrogen-bond donors (Lipinski definition) is 2. The third-order valence-corrected chi connectivity index (χ3v) is 3.33. The van der Waals surface area contributed by atoms with Crippen molar-refractivity contribution in [2.75, 3.05) is 11.0 Å². The lowest BCUT2D eigenvalue weighted by Crippen LogP contribution is -2.24. The van der Waals surface area contributed by atoms with Crippen LogP contribution in [0, 0.1) is 6.92 Å². The summed E-state index contributed by atoms with van der Waals surface area (Å²) >= 11 is 2.35. The van der Waals surface area contributed by atoms with Gasteiger partial charge in [-0.2, -0.15) is 0 Å². The lowest BCUT2D eigenvalue weighted by atomic mass is 10.1. The van der Waals surface area contributed by atoms with Gasteiger partial charge in [-0.3, -0.25) is 4.79 Å². The van der Waals surface area contributed by atoms with Gasteiger partial charge in [0.1, 0.15) is 5.75 Å². The van der Waals surface area contributed by atoms with Crippen LogP contribution in [0.1, 0.15) is 35.2 Å². The fraction of sp³-hybridized carbons (Fsp3) is 0.462. The summed E-state index contributed by atoms with van der Waals surface area (Å²) in [5, 5.41) is 12.4. The summed E-state index contributed by atoms with van der Waals surface area (Å²) in [7, 11) is 0. The second-order valence-corrected chi connectivity index (χ2v) is 5.09. The van der Waals surface area contributed by atoms with Crippen LogP contribution in [0.3, 0.4) is 0 Å². The molecule has 0 unspecified atom stereocenters. The molecule has 0 aromatic heterocycles. The van der Waals surface area contributed by atoms with Crippen molar-refractivity contribution in [3.05, 3.63) is 29.3 Å². The monoisotopic (exact) mass is 347 g/mol. The number of halogens is 1. The van der Waals surface area contributed by atoms with Gasteiger partial charge < -0.3 is 10.4 Å². The highest BCUT2D eigenvalue weighted by Gasteiger charge is 2.06. The predicted octanol–water partition coefficient (Wildman–Crippen LogP) is 3.04. The number of phenols is 1.